The highest BCUT2D eigenvalue weighted by molar-refractivity contribution is 7.11. The smallest absolute Gasteiger partial charge is 0.326 e. The molecule has 120 valence electrons. The van der Waals surface area contributed by atoms with Gasteiger partial charge in [-0.05, 0) is 0 Å². The van der Waals surface area contributed by atoms with Crippen LogP contribution in [0.2, 0.25) is 0 Å². The monoisotopic (exact) mass is 336 g/mol. The maximum absolute atomic E-state index is 12.7. The van der Waals surface area contributed by atoms with Crippen LogP contribution in [0.5, 0.6) is 0 Å². The highest BCUT2D eigenvalue weighted by Crippen LogP contribution is 2.34. The summed E-state index contributed by atoms with van der Waals surface area (Å²) in [4.78, 5) is 11.0. The molecular formula is C14H14F2N6S. The number of fused-ring (bicyclic) bond motifs is 1. The molecule has 0 amide bonds. The van der Waals surface area contributed by atoms with Crippen molar-refractivity contribution in [1.82, 2.24) is 19.7 Å². The number of thiazole rings is 1. The third kappa shape index (κ3) is 2.45. The van der Waals surface area contributed by atoms with E-state index < -0.39 is 6.55 Å². The van der Waals surface area contributed by atoms with Gasteiger partial charge in [-0.15, -0.1) is 11.3 Å². The Morgan fingerprint density at radius 2 is 2.26 bits per heavy atom. The first-order chi connectivity index (χ1) is 11.1. The summed E-state index contributed by atoms with van der Waals surface area (Å²) < 4.78 is 26.1. The van der Waals surface area contributed by atoms with Crippen molar-refractivity contribution in [2.75, 3.05) is 13.1 Å². The molecule has 1 atom stereocenters. The number of aliphatic imine (C=N–C) groups is 1. The average Bonchev–Trinajstić information content (AvgIpc) is 3.25. The van der Waals surface area contributed by atoms with E-state index in [1.807, 2.05) is 5.38 Å². The first-order valence-corrected chi connectivity index (χ1v) is 8.03. The number of alkyl halides is 2. The average molecular weight is 336 g/mol. The number of aromatic nitrogens is 3. The van der Waals surface area contributed by atoms with Crippen molar-refractivity contribution < 1.29 is 8.78 Å². The zero-order valence-electron chi connectivity index (χ0n) is 12.1. The molecule has 0 spiro atoms. The van der Waals surface area contributed by atoms with Crippen molar-refractivity contribution in [3.63, 3.8) is 0 Å². The number of hydrogen-bond acceptors (Lipinski definition) is 6. The van der Waals surface area contributed by atoms with Crippen molar-refractivity contribution in [1.29, 1.82) is 0 Å². The summed E-state index contributed by atoms with van der Waals surface area (Å²) in [6.07, 6.45) is 5.25. The highest BCUT2D eigenvalue weighted by Gasteiger charge is 2.34. The molecule has 2 aromatic rings. The number of nitrogens with zero attached hydrogens (tertiary/aromatic N) is 5. The molecule has 0 radical (unpaired) electrons. The van der Waals surface area contributed by atoms with Gasteiger partial charge in [0.25, 0.3) is 0 Å². The standard InChI is InChI=1S/C14H14F2N6S/c15-14(16)22-6-8(4-20-22)10-5-19-12(13-18-1-2-23-13)21-7-9(17)3-11(10)21/h1-2,4,6,9,14H,3,5,7,17H2. The lowest BCUT2D eigenvalue weighted by molar-refractivity contribution is 0.0566. The number of amidine groups is 1. The Morgan fingerprint density at radius 1 is 1.39 bits per heavy atom. The minimum atomic E-state index is -2.64. The number of halogens is 2. The van der Waals surface area contributed by atoms with Gasteiger partial charge in [-0.2, -0.15) is 13.9 Å². The maximum Gasteiger partial charge on any atom is 0.333 e. The molecule has 1 unspecified atom stereocenters. The van der Waals surface area contributed by atoms with E-state index in [4.69, 9.17) is 5.73 Å². The van der Waals surface area contributed by atoms with Gasteiger partial charge in [0.2, 0.25) is 0 Å². The number of hydrogen-bond donors (Lipinski definition) is 1. The first kappa shape index (κ1) is 14.5. The van der Waals surface area contributed by atoms with E-state index in [1.165, 1.54) is 23.7 Å². The van der Waals surface area contributed by atoms with Gasteiger partial charge >= 0.3 is 6.55 Å². The molecule has 0 aliphatic carbocycles. The highest BCUT2D eigenvalue weighted by atomic mass is 32.1. The summed E-state index contributed by atoms with van der Waals surface area (Å²) in [5.41, 5.74) is 8.72. The normalized spacial score (nSPS) is 21.1. The van der Waals surface area contributed by atoms with Crippen LogP contribution in [0, 0.1) is 0 Å². The minimum absolute atomic E-state index is 0.00611. The van der Waals surface area contributed by atoms with E-state index in [0.29, 0.717) is 29.8 Å². The maximum atomic E-state index is 12.7. The third-order valence-electron chi connectivity index (χ3n) is 3.96. The molecule has 2 aliphatic heterocycles. The fourth-order valence-corrected chi connectivity index (χ4v) is 3.63. The van der Waals surface area contributed by atoms with Gasteiger partial charge in [0.1, 0.15) is 0 Å². The molecular weight excluding hydrogens is 322 g/mol. The molecule has 2 aliphatic rings. The van der Waals surface area contributed by atoms with E-state index >= 15 is 0 Å². The largest absolute Gasteiger partial charge is 0.333 e. The Bertz CT molecular complexity index is 779. The van der Waals surface area contributed by atoms with Crippen LogP contribution in [-0.2, 0) is 0 Å². The zero-order chi connectivity index (χ0) is 16.0. The lowest BCUT2D eigenvalue weighted by atomic mass is 10.0. The van der Waals surface area contributed by atoms with Gasteiger partial charge in [0.15, 0.2) is 10.8 Å². The van der Waals surface area contributed by atoms with Gasteiger partial charge in [0, 0.05) is 53.6 Å². The quantitative estimate of drug-likeness (QED) is 0.930. The predicted octanol–water partition coefficient (Wildman–Crippen LogP) is 1.94. The van der Waals surface area contributed by atoms with Crippen LogP contribution in [0.25, 0.3) is 5.57 Å². The molecule has 23 heavy (non-hydrogen) atoms. The van der Waals surface area contributed by atoms with Crippen LogP contribution in [0.15, 0.2) is 34.7 Å². The Kier molecular flexibility index (Phi) is 3.46. The van der Waals surface area contributed by atoms with Gasteiger partial charge < -0.3 is 10.6 Å². The van der Waals surface area contributed by atoms with Gasteiger partial charge in [-0.3, -0.25) is 4.99 Å². The van der Waals surface area contributed by atoms with Crippen LogP contribution in [0.4, 0.5) is 8.78 Å². The second-order valence-electron chi connectivity index (χ2n) is 5.46. The fraction of sp³-hybridized carbons (Fsp3) is 0.357. The van der Waals surface area contributed by atoms with Crippen LogP contribution < -0.4 is 5.73 Å². The van der Waals surface area contributed by atoms with Crippen LogP contribution in [0.1, 0.15) is 23.5 Å². The lowest BCUT2D eigenvalue weighted by Crippen LogP contribution is -2.34. The fourth-order valence-electron chi connectivity index (χ4n) is 2.97. The summed E-state index contributed by atoms with van der Waals surface area (Å²) in [5.74, 6) is 0.813. The van der Waals surface area contributed by atoms with Crippen molar-refractivity contribution in [3.8, 4) is 0 Å². The molecule has 2 aromatic heterocycles. The molecule has 0 saturated carbocycles. The van der Waals surface area contributed by atoms with Crippen LogP contribution in [0.3, 0.4) is 0 Å². The minimum Gasteiger partial charge on any atom is -0.326 e. The van der Waals surface area contributed by atoms with E-state index in [2.05, 4.69) is 20.0 Å². The SMILES string of the molecule is NC1CC2=C(c3cnn(C(F)F)c3)CN=C(c3nccs3)N2C1. The van der Waals surface area contributed by atoms with Crippen LogP contribution >= 0.6 is 11.3 Å². The Balaban J connectivity index is 1.73. The molecule has 0 aromatic carbocycles. The molecule has 1 fully saturated rings. The molecule has 9 heteroatoms. The predicted molar refractivity (Wildman–Crippen MR) is 83.2 cm³/mol. The van der Waals surface area contributed by atoms with Crippen molar-refractivity contribution in [2.24, 2.45) is 10.7 Å². The summed E-state index contributed by atoms with van der Waals surface area (Å²) in [6.45, 7) is -1.57. The molecule has 4 heterocycles. The van der Waals surface area contributed by atoms with E-state index in [9.17, 15) is 8.78 Å². The summed E-state index contributed by atoms with van der Waals surface area (Å²) >= 11 is 1.52. The van der Waals surface area contributed by atoms with Crippen molar-refractivity contribution >= 4 is 22.7 Å². The van der Waals surface area contributed by atoms with E-state index in [-0.39, 0.29) is 6.04 Å². The zero-order valence-corrected chi connectivity index (χ0v) is 12.9. The van der Waals surface area contributed by atoms with Crippen molar-refractivity contribution in [2.45, 2.75) is 19.0 Å². The van der Waals surface area contributed by atoms with Crippen LogP contribution in [-0.4, -0.2) is 44.6 Å². The lowest BCUT2D eigenvalue weighted by Gasteiger charge is -2.27. The topological polar surface area (TPSA) is 72.3 Å². The van der Waals surface area contributed by atoms with Gasteiger partial charge in [-0.25, -0.2) is 9.67 Å². The Morgan fingerprint density at radius 3 is 2.96 bits per heavy atom. The summed E-state index contributed by atoms with van der Waals surface area (Å²) in [5, 5.41) is 6.47. The summed E-state index contributed by atoms with van der Waals surface area (Å²) in [6, 6.07) is -0.00611. The number of nitrogens with two attached hydrogens (primary N) is 1. The van der Waals surface area contributed by atoms with Gasteiger partial charge in [0.05, 0.1) is 12.7 Å². The Labute approximate surface area is 135 Å². The molecule has 0 bridgehead atoms. The molecule has 6 nitrogen and oxygen atoms in total. The van der Waals surface area contributed by atoms with E-state index in [1.54, 1.807) is 6.20 Å². The van der Waals surface area contributed by atoms with Crippen molar-refractivity contribution in [3.05, 3.63) is 40.2 Å². The molecule has 4 rings (SSSR count). The number of rotatable bonds is 3. The first-order valence-electron chi connectivity index (χ1n) is 7.15. The second-order valence-corrected chi connectivity index (χ2v) is 6.36. The summed E-state index contributed by atoms with van der Waals surface area (Å²) in [7, 11) is 0. The Hall–Kier alpha value is -2.13. The molecule has 1 saturated heterocycles. The second kappa shape index (κ2) is 5.50. The molecule has 2 N–H and O–H groups in total. The third-order valence-corrected chi connectivity index (χ3v) is 4.73. The van der Waals surface area contributed by atoms with E-state index in [0.717, 1.165) is 22.1 Å². The van der Waals surface area contributed by atoms with Gasteiger partial charge in [-0.1, -0.05) is 0 Å².